The van der Waals surface area contributed by atoms with Crippen molar-refractivity contribution < 1.29 is 0 Å². The number of rotatable bonds is 0. The maximum Gasteiger partial charge on any atom is 0.263 e. The summed E-state index contributed by atoms with van der Waals surface area (Å²) in [7, 11) is 0. The molecule has 0 saturated heterocycles. The van der Waals surface area contributed by atoms with E-state index in [-0.39, 0.29) is 5.11 Å². The Hall–Kier alpha value is -0.710. The molecule has 5 heteroatoms. The molecule has 1 saturated carbocycles. The summed E-state index contributed by atoms with van der Waals surface area (Å²) in [6.07, 6.45) is 9.00. The first-order valence-corrected chi connectivity index (χ1v) is 4.66. The maximum absolute atomic E-state index is 4.40. The molecule has 66 valence electrons. The van der Waals surface area contributed by atoms with Crippen LogP contribution in [0.2, 0.25) is 0 Å². The molecule has 0 bridgehead atoms. The van der Waals surface area contributed by atoms with Gasteiger partial charge < -0.3 is 0 Å². The molecular formula is C7H12N4S. The lowest BCUT2D eigenvalue weighted by Gasteiger charge is -2.05. The summed E-state index contributed by atoms with van der Waals surface area (Å²) >= 11 is 4.40. The molecule has 0 unspecified atom stereocenters. The van der Waals surface area contributed by atoms with E-state index in [1.54, 1.807) is 0 Å². The zero-order chi connectivity index (χ0) is 8.65. The van der Waals surface area contributed by atoms with E-state index in [0.29, 0.717) is 0 Å². The standard InChI is InChI=1S/C6H12.CN4S/c1-2-4-6-5-3-1;6-1-2-4-5-3-1/h1-6H2;. The zero-order valence-corrected chi connectivity index (χ0v) is 7.76. The molecule has 0 aromatic rings. The molecule has 2 aliphatic rings. The molecule has 1 fully saturated rings. The third-order valence-electron chi connectivity index (χ3n) is 1.80. The van der Waals surface area contributed by atoms with Crippen LogP contribution in [0.5, 0.6) is 0 Å². The van der Waals surface area contributed by atoms with E-state index >= 15 is 0 Å². The molecule has 0 N–H and O–H groups in total. The SMILES string of the molecule is C1CCCCC1.S=C1N=NN=N1. The van der Waals surface area contributed by atoms with Crippen molar-refractivity contribution in [2.75, 3.05) is 0 Å². The second-order valence-corrected chi connectivity index (χ2v) is 3.15. The van der Waals surface area contributed by atoms with Crippen molar-refractivity contribution in [3.63, 3.8) is 0 Å². The highest BCUT2D eigenvalue weighted by Gasteiger charge is 1.95. The number of hydrogen-bond donors (Lipinski definition) is 0. The minimum Gasteiger partial charge on any atom is -0.0944 e. The highest BCUT2D eigenvalue weighted by molar-refractivity contribution is 7.80. The van der Waals surface area contributed by atoms with Gasteiger partial charge in [0.05, 0.1) is 0 Å². The first kappa shape index (κ1) is 9.38. The highest BCUT2D eigenvalue weighted by Crippen LogP contribution is 2.15. The van der Waals surface area contributed by atoms with Crippen molar-refractivity contribution in [1.29, 1.82) is 0 Å². The average molecular weight is 184 g/mol. The van der Waals surface area contributed by atoms with Crippen LogP contribution in [0.25, 0.3) is 0 Å². The molecule has 4 nitrogen and oxygen atoms in total. The second-order valence-electron chi connectivity index (χ2n) is 2.78. The van der Waals surface area contributed by atoms with Crippen LogP contribution in [-0.2, 0) is 0 Å². The predicted octanol–water partition coefficient (Wildman–Crippen LogP) is 3.44. The third-order valence-corrected chi connectivity index (χ3v) is 1.96. The summed E-state index contributed by atoms with van der Waals surface area (Å²) in [5, 5.41) is 12.9. The van der Waals surface area contributed by atoms with Crippen LogP contribution in [0.3, 0.4) is 0 Å². The number of nitrogens with zero attached hydrogens (tertiary/aromatic N) is 4. The molecule has 1 aliphatic heterocycles. The Morgan fingerprint density at radius 1 is 0.750 bits per heavy atom. The van der Waals surface area contributed by atoms with Crippen LogP contribution in [0.4, 0.5) is 0 Å². The van der Waals surface area contributed by atoms with Crippen LogP contribution in [0.1, 0.15) is 38.5 Å². The second kappa shape index (κ2) is 5.88. The van der Waals surface area contributed by atoms with Gasteiger partial charge in [-0.2, -0.15) is 0 Å². The van der Waals surface area contributed by atoms with Gasteiger partial charge in [-0.15, -0.1) is 0 Å². The van der Waals surface area contributed by atoms with Crippen LogP contribution in [-0.4, -0.2) is 5.11 Å². The Kier molecular flexibility index (Phi) is 4.60. The van der Waals surface area contributed by atoms with Crippen molar-refractivity contribution in [3.05, 3.63) is 0 Å². The Labute approximate surface area is 77.1 Å². The predicted molar refractivity (Wildman–Crippen MR) is 50.0 cm³/mol. The minimum absolute atomic E-state index is 0.204. The Morgan fingerprint density at radius 3 is 1.25 bits per heavy atom. The fourth-order valence-electron chi connectivity index (χ4n) is 1.20. The number of thiocarbonyl (C=S) groups is 1. The molecule has 1 aliphatic carbocycles. The van der Waals surface area contributed by atoms with Crippen molar-refractivity contribution in [1.82, 2.24) is 0 Å². The van der Waals surface area contributed by atoms with Crippen LogP contribution in [0, 0.1) is 0 Å². The quantitative estimate of drug-likeness (QED) is 0.532. The molecule has 1 heterocycles. The molecule has 0 spiro atoms. The molecule has 0 radical (unpaired) electrons. The van der Waals surface area contributed by atoms with Crippen molar-refractivity contribution in [2.45, 2.75) is 38.5 Å². The number of hydrogen-bond acceptors (Lipinski definition) is 3. The van der Waals surface area contributed by atoms with E-state index in [1.165, 1.54) is 38.5 Å². The summed E-state index contributed by atoms with van der Waals surface area (Å²) < 4.78 is 0. The van der Waals surface area contributed by atoms with Gasteiger partial charge in [-0.3, -0.25) is 0 Å². The molecule has 12 heavy (non-hydrogen) atoms. The van der Waals surface area contributed by atoms with Crippen LogP contribution >= 0.6 is 12.2 Å². The van der Waals surface area contributed by atoms with Gasteiger partial charge in [0, 0.05) is 0 Å². The van der Waals surface area contributed by atoms with Crippen LogP contribution < -0.4 is 0 Å². The Morgan fingerprint density at radius 2 is 1.08 bits per heavy atom. The third kappa shape index (κ3) is 4.23. The molecule has 0 amide bonds. The van der Waals surface area contributed by atoms with E-state index in [1.807, 2.05) is 0 Å². The van der Waals surface area contributed by atoms with Gasteiger partial charge in [0.1, 0.15) is 0 Å². The molecule has 0 aromatic carbocycles. The Bertz CT molecular complexity index is 170. The van der Waals surface area contributed by atoms with Gasteiger partial charge in [-0.25, -0.2) is 0 Å². The van der Waals surface area contributed by atoms with Gasteiger partial charge in [0.25, 0.3) is 5.11 Å². The maximum atomic E-state index is 4.40. The highest BCUT2D eigenvalue weighted by atomic mass is 32.1. The van der Waals surface area contributed by atoms with Crippen molar-refractivity contribution >= 4 is 17.3 Å². The fraction of sp³-hybridized carbons (Fsp3) is 0.857. The van der Waals surface area contributed by atoms with E-state index in [4.69, 9.17) is 0 Å². The summed E-state index contributed by atoms with van der Waals surface area (Å²) in [5.74, 6) is 0. The van der Waals surface area contributed by atoms with E-state index < -0.39 is 0 Å². The molecule has 2 rings (SSSR count). The smallest absolute Gasteiger partial charge is 0.0944 e. The minimum atomic E-state index is 0.204. The summed E-state index contributed by atoms with van der Waals surface area (Å²) in [6, 6.07) is 0. The lowest BCUT2D eigenvalue weighted by atomic mass is 10.0. The summed E-state index contributed by atoms with van der Waals surface area (Å²) in [4.78, 5) is 0. The van der Waals surface area contributed by atoms with Gasteiger partial charge in [0.15, 0.2) is 0 Å². The molecule has 0 aromatic heterocycles. The topological polar surface area (TPSA) is 49.4 Å². The average Bonchev–Trinajstić information content (AvgIpc) is 2.60. The largest absolute Gasteiger partial charge is 0.263 e. The van der Waals surface area contributed by atoms with Gasteiger partial charge >= 0.3 is 0 Å². The summed E-state index contributed by atoms with van der Waals surface area (Å²) in [5.41, 5.74) is 0. The van der Waals surface area contributed by atoms with Gasteiger partial charge in [-0.1, -0.05) is 48.8 Å². The summed E-state index contributed by atoms with van der Waals surface area (Å²) in [6.45, 7) is 0. The van der Waals surface area contributed by atoms with Gasteiger partial charge in [-0.05, 0) is 22.7 Å². The fourth-order valence-corrected chi connectivity index (χ4v) is 1.27. The normalized spacial score (nSPS) is 20.5. The molecule has 0 atom stereocenters. The van der Waals surface area contributed by atoms with Crippen LogP contribution in [0.15, 0.2) is 20.7 Å². The zero-order valence-electron chi connectivity index (χ0n) is 6.94. The van der Waals surface area contributed by atoms with E-state index in [2.05, 4.69) is 32.9 Å². The molecular weight excluding hydrogens is 172 g/mol. The van der Waals surface area contributed by atoms with Crippen molar-refractivity contribution in [2.24, 2.45) is 20.7 Å². The van der Waals surface area contributed by atoms with Crippen molar-refractivity contribution in [3.8, 4) is 0 Å². The Balaban J connectivity index is 0.000000120. The van der Waals surface area contributed by atoms with E-state index in [0.717, 1.165) is 0 Å². The monoisotopic (exact) mass is 184 g/mol. The lowest BCUT2D eigenvalue weighted by Crippen LogP contribution is -1.85. The van der Waals surface area contributed by atoms with Gasteiger partial charge in [0.2, 0.25) is 0 Å². The van der Waals surface area contributed by atoms with E-state index in [9.17, 15) is 0 Å². The lowest BCUT2D eigenvalue weighted by molar-refractivity contribution is 0.504. The first-order chi connectivity index (χ1) is 5.89. The first-order valence-electron chi connectivity index (χ1n) is 4.25.